The lowest BCUT2D eigenvalue weighted by molar-refractivity contribution is 0.0260. The zero-order valence-electron chi connectivity index (χ0n) is 8.66. The molecule has 3 N–H and O–H groups in total. The molecule has 4 heteroatoms. The van der Waals surface area contributed by atoms with Crippen LogP contribution < -0.4 is 5.84 Å². The van der Waals surface area contributed by atoms with E-state index in [1.54, 1.807) is 5.01 Å². The molecular weight excluding hydrogens is 166 g/mol. The Labute approximate surface area is 80.3 Å². The van der Waals surface area contributed by atoms with Gasteiger partial charge in [0.05, 0.1) is 6.61 Å². The molecule has 0 atom stereocenters. The highest BCUT2D eigenvalue weighted by molar-refractivity contribution is 4.86. The number of rotatable bonds is 3. The Balaban J connectivity index is 2.50. The van der Waals surface area contributed by atoms with E-state index in [1.165, 1.54) is 0 Å². The number of aliphatic hydroxyl groups excluding tert-OH is 1. The Bertz CT molecular complexity index is 153. The molecule has 0 saturated carbocycles. The molecule has 1 saturated heterocycles. The fraction of sp³-hybridized carbons (Fsp3) is 1.00. The van der Waals surface area contributed by atoms with E-state index in [9.17, 15) is 5.11 Å². The summed E-state index contributed by atoms with van der Waals surface area (Å²) in [6.45, 7) is 3.17. The van der Waals surface area contributed by atoms with E-state index < -0.39 is 0 Å². The summed E-state index contributed by atoms with van der Waals surface area (Å²) >= 11 is 0. The molecule has 0 amide bonds. The average molecular weight is 187 g/mol. The molecule has 0 aromatic rings. The monoisotopic (exact) mass is 187 g/mol. The van der Waals surface area contributed by atoms with Gasteiger partial charge in [-0.1, -0.05) is 0 Å². The lowest BCUT2D eigenvalue weighted by atomic mass is 9.79. The van der Waals surface area contributed by atoms with Crippen LogP contribution in [-0.2, 0) is 0 Å². The third kappa shape index (κ3) is 2.91. The quantitative estimate of drug-likeness (QED) is 0.462. The van der Waals surface area contributed by atoms with Crippen LogP contribution in [0.4, 0.5) is 0 Å². The summed E-state index contributed by atoms with van der Waals surface area (Å²) in [7, 11) is 3.98. The van der Waals surface area contributed by atoms with Gasteiger partial charge in [0.15, 0.2) is 0 Å². The molecule has 0 aromatic heterocycles. The van der Waals surface area contributed by atoms with Gasteiger partial charge in [-0.05, 0) is 33.0 Å². The van der Waals surface area contributed by atoms with Gasteiger partial charge >= 0.3 is 0 Å². The third-order valence-corrected chi connectivity index (χ3v) is 2.97. The molecule has 1 heterocycles. The fourth-order valence-corrected chi connectivity index (χ4v) is 1.99. The van der Waals surface area contributed by atoms with Crippen molar-refractivity contribution in [3.8, 4) is 0 Å². The van der Waals surface area contributed by atoms with Crippen LogP contribution in [0.5, 0.6) is 0 Å². The lowest BCUT2D eigenvalue weighted by Crippen LogP contribution is -2.48. The van der Waals surface area contributed by atoms with Gasteiger partial charge in [0.25, 0.3) is 0 Å². The van der Waals surface area contributed by atoms with Crippen LogP contribution in [0.1, 0.15) is 12.8 Å². The zero-order chi connectivity index (χ0) is 9.90. The third-order valence-electron chi connectivity index (χ3n) is 2.97. The molecule has 0 unspecified atom stereocenters. The van der Waals surface area contributed by atoms with E-state index >= 15 is 0 Å². The van der Waals surface area contributed by atoms with Gasteiger partial charge in [-0.15, -0.1) is 0 Å². The van der Waals surface area contributed by atoms with E-state index in [2.05, 4.69) is 11.9 Å². The van der Waals surface area contributed by atoms with Crippen LogP contribution in [0.2, 0.25) is 0 Å². The number of likely N-dealkylation sites (tertiary alicyclic amines) is 1. The van der Waals surface area contributed by atoms with Crippen LogP contribution in [-0.4, -0.2) is 55.4 Å². The predicted octanol–water partition coefficient (Wildman–Crippen LogP) is -0.504. The Morgan fingerprint density at radius 1 is 1.46 bits per heavy atom. The van der Waals surface area contributed by atoms with Gasteiger partial charge in [0, 0.05) is 19.0 Å². The molecule has 1 rings (SSSR count). The Hall–Kier alpha value is -0.160. The van der Waals surface area contributed by atoms with Crippen LogP contribution in [0.3, 0.4) is 0 Å². The van der Waals surface area contributed by atoms with Crippen molar-refractivity contribution < 1.29 is 5.11 Å². The van der Waals surface area contributed by atoms with Crippen LogP contribution in [0, 0.1) is 5.41 Å². The standard InChI is InChI=1S/C9H21N3O/c1-11-5-3-9(8-13,4-6-11)7-12(2)10/h13H,3-8,10H2,1-2H3. The first-order valence-corrected chi connectivity index (χ1v) is 4.83. The molecule has 1 aliphatic rings. The second kappa shape index (κ2) is 4.37. The zero-order valence-corrected chi connectivity index (χ0v) is 8.66. The second-order valence-electron chi connectivity index (χ2n) is 4.38. The smallest absolute Gasteiger partial charge is 0.0501 e. The largest absolute Gasteiger partial charge is 0.396 e. The van der Waals surface area contributed by atoms with Gasteiger partial charge in [-0.3, -0.25) is 5.84 Å². The number of hydrogen-bond acceptors (Lipinski definition) is 4. The van der Waals surface area contributed by atoms with Gasteiger partial charge < -0.3 is 10.0 Å². The number of hydrogen-bond donors (Lipinski definition) is 2. The van der Waals surface area contributed by atoms with Gasteiger partial charge in [0.2, 0.25) is 0 Å². The van der Waals surface area contributed by atoms with Crippen molar-refractivity contribution in [2.75, 3.05) is 40.3 Å². The Morgan fingerprint density at radius 3 is 2.38 bits per heavy atom. The summed E-state index contributed by atoms with van der Waals surface area (Å²) in [6, 6.07) is 0. The number of nitrogens with zero attached hydrogens (tertiary/aromatic N) is 2. The van der Waals surface area contributed by atoms with Gasteiger partial charge in [0.1, 0.15) is 0 Å². The highest BCUT2D eigenvalue weighted by atomic mass is 16.3. The van der Waals surface area contributed by atoms with E-state index in [1.807, 2.05) is 7.05 Å². The summed E-state index contributed by atoms with van der Waals surface area (Å²) < 4.78 is 0. The average Bonchev–Trinajstić information content (AvgIpc) is 2.09. The lowest BCUT2D eigenvalue weighted by Gasteiger charge is -2.40. The SMILES string of the molecule is CN(N)CC1(CO)CCN(C)CC1. The molecule has 78 valence electrons. The van der Waals surface area contributed by atoms with Crippen molar-refractivity contribution in [3.05, 3.63) is 0 Å². The minimum Gasteiger partial charge on any atom is -0.396 e. The molecule has 0 aromatic carbocycles. The Kier molecular flexibility index (Phi) is 3.67. The van der Waals surface area contributed by atoms with E-state index in [4.69, 9.17) is 5.84 Å². The van der Waals surface area contributed by atoms with E-state index in [0.29, 0.717) is 0 Å². The van der Waals surface area contributed by atoms with Gasteiger partial charge in [-0.2, -0.15) is 0 Å². The van der Waals surface area contributed by atoms with Crippen molar-refractivity contribution >= 4 is 0 Å². The summed E-state index contributed by atoms with van der Waals surface area (Å²) in [6.07, 6.45) is 2.09. The Morgan fingerprint density at radius 2 is 2.00 bits per heavy atom. The molecule has 1 aliphatic heterocycles. The number of hydrazine groups is 1. The highest BCUT2D eigenvalue weighted by Crippen LogP contribution is 2.30. The van der Waals surface area contributed by atoms with Crippen molar-refractivity contribution in [3.63, 3.8) is 0 Å². The van der Waals surface area contributed by atoms with Crippen molar-refractivity contribution in [1.29, 1.82) is 0 Å². The van der Waals surface area contributed by atoms with Crippen molar-refractivity contribution in [1.82, 2.24) is 9.91 Å². The molecule has 1 fully saturated rings. The highest BCUT2D eigenvalue weighted by Gasteiger charge is 2.33. The first-order valence-electron chi connectivity index (χ1n) is 4.83. The maximum atomic E-state index is 9.38. The van der Waals surface area contributed by atoms with Gasteiger partial charge in [-0.25, -0.2) is 5.01 Å². The summed E-state index contributed by atoms with van der Waals surface area (Å²) in [5.41, 5.74) is 0.0377. The minimum atomic E-state index is 0.0377. The minimum absolute atomic E-state index is 0.0377. The van der Waals surface area contributed by atoms with E-state index in [0.717, 1.165) is 32.5 Å². The number of piperidine rings is 1. The first-order chi connectivity index (χ1) is 6.08. The van der Waals surface area contributed by atoms with E-state index in [-0.39, 0.29) is 12.0 Å². The normalized spacial score (nSPS) is 23.8. The number of nitrogens with two attached hydrogens (primary N) is 1. The molecule has 0 spiro atoms. The molecular formula is C9H21N3O. The van der Waals surface area contributed by atoms with Crippen LogP contribution >= 0.6 is 0 Å². The van der Waals surface area contributed by atoms with Crippen LogP contribution in [0.25, 0.3) is 0 Å². The molecule has 0 bridgehead atoms. The van der Waals surface area contributed by atoms with Crippen molar-refractivity contribution in [2.45, 2.75) is 12.8 Å². The molecule has 13 heavy (non-hydrogen) atoms. The van der Waals surface area contributed by atoms with Crippen LogP contribution in [0.15, 0.2) is 0 Å². The summed E-state index contributed by atoms with van der Waals surface area (Å²) in [4.78, 5) is 2.30. The first kappa shape index (κ1) is 10.9. The summed E-state index contributed by atoms with van der Waals surface area (Å²) in [5, 5.41) is 11.1. The molecule has 0 radical (unpaired) electrons. The molecule has 4 nitrogen and oxygen atoms in total. The topological polar surface area (TPSA) is 52.7 Å². The number of aliphatic hydroxyl groups is 1. The molecule has 0 aliphatic carbocycles. The second-order valence-corrected chi connectivity index (χ2v) is 4.38. The maximum absolute atomic E-state index is 9.38. The summed E-state index contributed by atoms with van der Waals surface area (Å²) in [5.74, 6) is 5.63. The predicted molar refractivity (Wildman–Crippen MR) is 53.1 cm³/mol. The maximum Gasteiger partial charge on any atom is 0.0501 e. The van der Waals surface area contributed by atoms with Crippen molar-refractivity contribution in [2.24, 2.45) is 11.3 Å². The fourth-order valence-electron chi connectivity index (χ4n) is 1.99.